The molecule has 0 fully saturated rings. The van der Waals surface area contributed by atoms with E-state index in [2.05, 4.69) is 53.4 Å². The first-order valence-electron chi connectivity index (χ1n) is 9.59. The minimum atomic E-state index is 0.0759. The Morgan fingerprint density at radius 3 is 2.93 bits per heavy atom. The quantitative estimate of drug-likeness (QED) is 0.505. The average molecular weight is 385 g/mol. The van der Waals surface area contributed by atoms with E-state index in [-0.39, 0.29) is 11.8 Å². The molecule has 1 aliphatic rings. The van der Waals surface area contributed by atoms with Crippen LogP contribution in [0, 0.1) is 5.92 Å². The van der Waals surface area contributed by atoms with E-state index in [0.717, 1.165) is 31.2 Å². The van der Waals surface area contributed by atoms with Gasteiger partial charge in [0.1, 0.15) is 0 Å². The number of guanidine groups is 1. The summed E-state index contributed by atoms with van der Waals surface area (Å²) in [7, 11) is 0. The van der Waals surface area contributed by atoms with Crippen LogP contribution in [0.1, 0.15) is 36.6 Å². The maximum Gasteiger partial charge on any atom is 0.225 e. The van der Waals surface area contributed by atoms with Crippen molar-refractivity contribution in [2.24, 2.45) is 10.9 Å². The number of fused-ring (bicyclic) bond motifs is 1. The SMILES string of the molecule is CCNC(=NCC(C)Cc1cccs1)NCC1CC(=O)Nc2ccccc21. The molecule has 2 atom stereocenters. The number of amides is 1. The van der Waals surface area contributed by atoms with Gasteiger partial charge in [-0.2, -0.15) is 0 Å². The second kappa shape index (κ2) is 9.55. The van der Waals surface area contributed by atoms with Gasteiger partial charge in [-0.3, -0.25) is 9.79 Å². The van der Waals surface area contributed by atoms with E-state index in [1.165, 1.54) is 10.4 Å². The number of anilines is 1. The Morgan fingerprint density at radius 2 is 2.15 bits per heavy atom. The Kier molecular flexibility index (Phi) is 6.87. The lowest BCUT2D eigenvalue weighted by Crippen LogP contribution is -2.41. The Labute approximate surface area is 165 Å². The molecule has 0 radical (unpaired) electrons. The van der Waals surface area contributed by atoms with E-state index in [4.69, 9.17) is 4.99 Å². The van der Waals surface area contributed by atoms with Gasteiger partial charge < -0.3 is 16.0 Å². The smallest absolute Gasteiger partial charge is 0.225 e. The summed E-state index contributed by atoms with van der Waals surface area (Å²) in [5.41, 5.74) is 2.11. The van der Waals surface area contributed by atoms with E-state index < -0.39 is 0 Å². The van der Waals surface area contributed by atoms with Gasteiger partial charge in [0.25, 0.3) is 0 Å². The highest BCUT2D eigenvalue weighted by atomic mass is 32.1. The van der Waals surface area contributed by atoms with Crippen molar-refractivity contribution in [3.8, 4) is 0 Å². The minimum absolute atomic E-state index is 0.0759. The lowest BCUT2D eigenvalue weighted by atomic mass is 9.90. The van der Waals surface area contributed by atoms with Crippen LogP contribution in [0.25, 0.3) is 0 Å². The molecular weight excluding hydrogens is 356 g/mol. The molecule has 1 aromatic heterocycles. The monoisotopic (exact) mass is 384 g/mol. The fourth-order valence-electron chi connectivity index (χ4n) is 3.33. The molecule has 0 bridgehead atoms. The number of hydrogen-bond donors (Lipinski definition) is 3. The van der Waals surface area contributed by atoms with Crippen LogP contribution in [0.4, 0.5) is 5.69 Å². The summed E-state index contributed by atoms with van der Waals surface area (Å²) in [6, 6.07) is 12.3. The van der Waals surface area contributed by atoms with Crippen LogP contribution < -0.4 is 16.0 Å². The third-order valence-electron chi connectivity index (χ3n) is 4.66. The van der Waals surface area contributed by atoms with E-state index in [9.17, 15) is 4.79 Å². The fraction of sp³-hybridized carbons (Fsp3) is 0.429. The molecule has 1 aliphatic heterocycles. The molecular formula is C21H28N4OS. The standard InChI is InChI=1S/C21H28N4OS/c1-3-22-21(23-13-15(2)11-17-7-6-10-27-17)24-14-16-12-20(26)25-19-9-5-4-8-18(16)19/h4-10,15-16H,3,11-14H2,1-2H3,(H,25,26)(H2,22,23,24). The Balaban J connectivity index is 1.58. The van der Waals surface area contributed by atoms with E-state index in [1.54, 1.807) is 11.3 Å². The number of carbonyl (C=O) groups excluding carboxylic acids is 1. The summed E-state index contributed by atoms with van der Waals surface area (Å²) < 4.78 is 0. The van der Waals surface area contributed by atoms with Crippen molar-refractivity contribution in [2.75, 3.05) is 25.0 Å². The molecule has 27 heavy (non-hydrogen) atoms. The molecule has 1 aromatic carbocycles. The normalized spacial score (nSPS) is 17.8. The number of para-hydroxylation sites is 1. The van der Waals surface area contributed by atoms with Crippen molar-refractivity contribution >= 4 is 28.9 Å². The first kappa shape index (κ1) is 19.4. The second-order valence-electron chi connectivity index (χ2n) is 7.03. The zero-order valence-corrected chi connectivity index (χ0v) is 16.8. The maximum absolute atomic E-state index is 12.0. The molecule has 0 saturated carbocycles. The van der Waals surface area contributed by atoms with Crippen LogP contribution in [-0.4, -0.2) is 31.5 Å². The van der Waals surface area contributed by atoms with Crippen LogP contribution in [-0.2, 0) is 11.2 Å². The summed E-state index contributed by atoms with van der Waals surface area (Å²) in [6.07, 6.45) is 1.55. The van der Waals surface area contributed by atoms with Crippen molar-refractivity contribution in [2.45, 2.75) is 32.6 Å². The molecule has 2 heterocycles. The molecule has 0 spiro atoms. The van der Waals surface area contributed by atoms with Crippen LogP contribution in [0.2, 0.25) is 0 Å². The number of rotatable bonds is 7. The van der Waals surface area contributed by atoms with Gasteiger partial charge in [0.2, 0.25) is 5.91 Å². The summed E-state index contributed by atoms with van der Waals surface area (Å²) in [4.78, 5) is 18.1. The van der Waals surface area contributed by atoms with E-state index in [1.807, 2.05) is 18.2 Å². The Bertz CT molecular complexity index is 772. The topological polar surface area (TPSA) is 65.5 Å². The highest BCUT2D eigenvalue weighted by molar-refractivity contribution is 7.09. The van der Waals surface area contributed by atoms with E-state index in [0.29, 0.717) is 18.9 Å². The largest absolute Gasteiger partial charge is 0.357 e. The van der Waals surface area contributed by atoms with Crippen LogP contribution in [0.5, 0.6) is 0 Å². The number of nitrogens with zero attached hydrogens (tertiary/aromatic N) is 1. The Hall–Kier alpha value is -2.34. The lowest BCUT2D eigenvalue weighted by Gasteiger charge is -2.26. The average Bonchev–Trinajstić information content (AvgIpc) is 3.16. The highest BCUT2D eigenvalue weighted by Gasteiger charge is 2.24. The zero-order valence-electron chi connectivity index (χ0n) is 16.0. The summed E-state index contributed by atoms with van der Waals surface area (Å²) in [5, 5.41) is 11.8. The number of hydrogen-bond acceptors (Lipinski definition) is 3. The summed E-state index contributed by atoms with van der Waals surface area (Å²) in [6.45, 7) is 6.57. The first-order chi connectivity index (χ1) is 13.2. The third kappa shape index (κ3) is 5.57. The molecule has 144 valence electrons. The number of carbonyl (C=O) groups is 1. The summed E-state index contributed by atoms with van der Waals surface area (Å²) in [5.74, 6) is 1.54. The first-order valence-corrected chi connectivity index (χ1v) is 10.5. The van der Waals surface area contributed by atoms with Gasteiger partial charge in [-0.25, -0.2) is 0 Å². The predicted molar refractivity (Wildman–Crippen MR) is 114 cm³/mol. The van der Waals surface area contributed by atoms with Gasteiger partial charge in [-0.05, 0) is 42.3 Å². The Morgan fingerprint density at radius 1 is 1.30 bits per heavy atom. The molecule has 3 rings (SSSR count). The van der Waals surface area contributed by atoms with Crippen molar-refractivity contribution in [3.05, 3.63) is 52.2 Å². The predicted octanol–water partition coefficient (Wildman–Crippen LogP) is 3.61. The molecule has 2 unspecified atom stereocenters. The summed E-state index contributed by atoms with van der Waals surface area (Å²) >= 11 is 1.80. The second-order valence-corrected chi connectivity index (χ2v) is 8.06. The molecule has 1 amide bonds. The molecule has 6 heteroatoms. The maximum atomic E-state index is 12.0. The van der Waals surface area contributed by atoms with Crippen LogP contribution in [0.3, 0.4) is 0 Å². The fourth-order valence-corrected chi connectivity index (χ4v) is 4.20. The number of nitrogens with one attached hydrogen (secondary N) is 3. The van der Waals surface area contributed by atoms with Crippen LogP contribution >= 0.6 is 11.3 Å². The van der Waals surface area contributed by atoms with Crippen molar-refractivity contribution in [1.29, 1.82) is 0 Å². The molecule has 2 aromatic rings. The van der Waals surface area contributed by atoms with E-state index >= 15 is 0 Å². The number of aliphatic imine (C=N–C) groups is 1. The van der Waals surface area contributed by atoms with Gasteiger partial charge >= 0.3 is 0 Å². The van der Waals surface area contributed by atoms with Gasteiger partial charge in [-0.1, -0.05) is 31.2 Å². The van der Waals surface area contributed by atoms with Gasteiger partial charge in [0.05, 0.1) is 0 Å². The van der Waals surface area contributed by atoms with Gasteiger partial charge in [0.15, 0.2) is 5.96 Å². The van der Waals surface area contributed by atoms with Crippen LogP contribution in [0.15, 0.2) is 46.8 Å². The molecule has 5 nitrogen and oxygen atoms in total. The lowest BCUT2D eigenvalue weighted by molar-refractivity contribution is -0.116. The van der Waals surface area contributed by atoms with Crippen molar-refractivity contribution in [3.63, 3.8) is 0 Å². The molecule has 0 saturated heterocycles. The number of thiophene rings is 1. The molecule has 3 N–H and O–H groups in total. The van der Waals surface area contributed by atoms with Crippen molar-refractivity contribution < 1.29 is 4.79 Å². The number of benzene rings is 1. The van der Waals surface area contributed by atoms with Gasteiger partial charge in [-0.15, -0.1) is 11.3 Å². The van der Waals surface area contributed by atoms with Gasteiger partial charge in [0, 0.05) is 42.5 Å². The molecule has 0 aliphatic carbocycles. The minimum Gasteiger partial charge on any atom is -0.357 e. The third-order valence-corrected chi connectivity index (χ3v) is 5.56. The zero-order chi connectivity index (χ0) is 19.1. The van der Waals surface area contributed by atoms with Crippen molar-refractivity contribution in [1.82, 2.24) is 10.6 Å². The highest BCUT2D eigenvalue weighted by Crippen LogP contribution is 2.31.